The Balaban J connectivity index is 2.21. The molecule has 0 atom stereocenters. The van der Waals surface area contributed by atoms with Crippen molar-refractivity contribution in [3.05, 3.63) is 40.9 Å². The smallest absolute Gasteiger partial charge is 0.460 e. The highest BCUT2D eigenvalue weighted by Gasteiger charge is 2.95. The van der Waals surface area contributed by atoms with Crippen molar-refractivity contribution < 1.29 is 84.2 Å². The van der Waals surface area contributed by atoms with E-state index in [9.17, 15) is 79.4 Å². The van der Waals surface area contributed by atoms with E-state index < -0.39 is 78.7 Å². The predicted molar refractivity (Wildman–Crippen MR) is 112 cm³/mol. The average Bonchev–Trinajstić information content (AvgIpc) is 3.27. The molecule has 2 rings (SSSR count). The van der Waals surface area contributed by atoms with Crippen LogP contribution in [0.4, 0.5) is 74.6 Å². The number of aromatic nitrogens is 1. The second-order valence-electron chi connectivity index (χ2n) is 8.68. The fourth-order valence-electron chi connectivity index (χ4n) is 3.17. The molecule has 3 nitrogen and oxygen atoms in total. The van der Waals surface area contributed by atoms with Gasteiger partial charge in [0.25, 0.3) is 0 Å². The average molecular weight is 679 g/mol. The van der Waals surface area contributed by atoms with Crippen LogP contribution in [0.2, 0.25) is 0 Å². The molecule has 43 heavy (non-hydrogen) atoms. The van der Waals surface area contributed by atoms with E-state index in [4.69, 9.17) is 0 Å². The molecular formula is C22H14F17NO2S. The molecule has 1 aromatic carbocycles. The molecule has 0 radical (unpaired) electrons. The van der Waals surface area contributed by atoms with Crippen LogP contribution in [0.25, 0.3) is 10.6 Å². The van der Waals surface area contributed by atoms with Gasteiger partial charge in [0.2, 0.25) is 0 Å². The minimum atomic E-state index is -8.68. The SMILES string of the molecule is Cc1sc(-c2ccccc2)nc1C(=O)OCCCC(F)(F)C(F)(F)C(F)(F)C(F)(F)C(F)(F)C(F)(F)C(F)(F)C(F)(F)F. The third kappa shape index (κ3) is 5.84. The summed E-state index contributed by atoms with van der Waals surface area (Å²) in [4.78, 5) is 16.3. The monoisotopic (exact) mass is 679 g/mol. The molecule has 244 valence electrons. The number of aryl methyl sites for hydroxylation is 1. The number of hydrogen-bond donors (Lipinski definition) is 0. The Bertz CT molecular complexity index is 1290. The minimum Gasteiger partial charge on any atom is -0.461 e. The zero-order valence-electron chi connectivity index (χ0n) is 20.6. The molecule has 0 saturated carbocycles. The van der Waals surface area contributed by atoms with Crippen LogP contribution in [0.1, 0.15) is 28.2 Å². The van der Waals surface area contributed by atoms with Crippen LogP contribution in [-0.2, 0) is 4.74 Å². The minimum absolute atomic E-state index is 0.191. The van der Waals surface area contributed by atoms with Gasteiger partial charge in [-0.05, 0) is 13.3 Å². The zero-order chi connectivity index (χ0) is 33.7. The van der Waals surface area contributed by atoms with Gasteiger partial charge < -0.3 is 4.74 Å². The Morgan fingerprint density at radius 3 is 1.60 bits per heavy atom. The summed E-state index contributed by atoms with van der Waals surface area (Å²) in [5.74, 6) is -58.1. The topological polar surface area (TPSA) is 39.2 Å². The number of rotatable bonds is 12. The second kappa shape index (κ2) is 11.2. The largest absolute Gasteiger partial charge is 0.461 e. The zero-order valence-corrected chi connectivity index (χ0v) is 21.4. The molecule has 0 fully saturated rings. The molecule has 21 heteroatoms. The third-order valence-electron chi connectivity index (χ3n) is 5.67. The van der Waals surface area contributed by atoms with Gasteiger partial charge in [0.1, 0.15) is 5.01 Å². The van der Waals surface area contributed by atoms with Crippen molar-refractivity contribution in [1.29, 1.82) is 0 Å². The molecule has 0 unspecified atom stereocenters. The number of thiazole rings is 1. The van der Waals surface area contributed by atoms with Crippen molar-refractivity contribution in [2.24, 2.45) is 0 Å². The van der Waals surface area contributed by atoms with Gasteiger partial charge in [-0.1, -0.05) is 30.3 Å². The molecule has 0 aliphatic carbocycles. The molecule has 2 aromatic rings. The fourth-order valence-corrected chi connectivity index (χ4v) is 4.08. The number of carbonyl (C=O) groups is 1. The number of nitrogens with zero attached hydrogens (tertiary/aromatic N) is 1. The van der Waals surface area contributed by atoms with E-state index >= 15 is 0 Å². The van der Waals surface area contributed by atoms with Crippen LogP contribution >= 0.6 is 11.3 Å². The van der Waals surface area contributed by atoms with E-state index in [0.29, 0.717) is 5.56 Å². The highest BCUT2D eigenvalue weighted by molar-refractivity contribution is 7.15. The predicted octanol–water partition coefficient (Wildman–Crippen LogP) is 9.06. The lowest BCUT2D eigenvalue weighted by molar-refractivity contribution is -0.461. The second-order valence-corrected chi connectivity index (χ2v) is 9.88. The normalized spacial score (nSPS) is 14.7. The number of ether oxygens (including phenoxy) is 1. The molecule has 1 heterocycles. The molecule has 0 bridgehead atoms. The summed E-state index contributed by atoms with van der Waals surface area (Å²) in [6.45, 7) is 0.0116. The third-order valence-corrected chi connectivity index (χ3v) is 6.69. The number of alkyl halides is 17. The van der Waals surface area contributed by atoms with Crippen LogP contribution in [-0.4, -0.2) is 65.2 Å². The summed E-state index contributed by atoms with van der Waals surface area (Å²) in [6, 6.07) is 8.00. The van der Waals surface area contributed by atoms with Crippen LogP contribution in [0.15, 0.2) is 30.3 Å². The highest BCUT2D eigenvalue weighted by atomic mass is 32.1. The van der Waals surface area contributed by atoms with Crippen LogP contribution in [0.5, 0.6) is 0 Å². The summed E-state index contributed by atoms with van der Waals surface area (Å²) < 4.78 is 231. The van der Waals surface area contributed by atoms with Gasteiger partial charge in [-0.25, -0.2) is 9.78 Å². The summed E-state index contributed by atoms with van der Waals surface area (Å²) in [5, 5.41) is 0.259. The van der Waals surface area contributed by atoms with Crippen molar-refractivity contribution in [3.63, 3.8) is 0 Å². The van der Waals surface area contributed by atoms with Gasteiger partial charge in [-0.3, -0.25) is 0 Å². The Morgan fingerprint density at radius 2 is 1.14 bits per heavy atom. The van der Waals surface area contributed by atoms with E-state index in [0.717, 1.165) is 11.3 Å². The lowest BCUT2D eigenvalue weighted by Crippen LogP contribution is -2.74. The lowest BCUT2D eigenvalue weighted by Gasteiger charge is -2.42. The first kappa shape index (κ1) is 36.3. The molecule has 0 amide bonds. The van der Waals surface area contributed by atoms with E-state index in [-0.39, 0.29) is 9.88 Å². The Hall–Kier alpha value is -2.87. The van der Waals surface area contributed by atoms with E-state index in [1.54, 1.807) is 30.3 Å². The van der Waals surface area contributed by atoms with Crippen molar-refractivity contribution in [2.45, 2.75) is 67.4 Å². The fraction of sp³-hybridized carbons (Fsp3) is 0.545. The van der Waals surface area contributed by atoms with Crippen molar-refractivity contribution >= 4 is 17.3 Å². The van der Waals surface area contributed by atoms with Crippen LogP contribution < -0.4 is 0 Å². The standard InChI is InChI=1S/C22H14F17NO2S/c1-10-12(40-13(43-10)11-6-3-2-4-7-11)14(41)42-9-5-8-15(23,24)16(25,26)17(27,28)18(29,30)19(31,32)20(33,34)21(35,36)22(37,38)39/h2-4,6-7H,5,8-9H2,1H3. The number of carbonyl (C=O) groups excluding carboxylic acids is 1. The molecule has 0 aliphatic heterocycles. The first-order chi connectivity index (χ1) is 19.1. The van der Waals surface area contributed by atoms with Crippen LogP contribution in [0.3, 0.4) is 0 Å². The number of hydrogen-bond acceptors (Lipinski definition) is 4. The number of halogens is 17. The summed E-state index contributed by atoms with van der Waals surface area (Å²) in [5.41, 5.74) is 0.102. The van der Waals surface area contributed by atoms with Gasteiger partial charge in [0, 0.05) is 16.9 Å². The summed E-state index contributed by atoms with van der Waals surface area (Å²) >= 11 is 0.944. The first-order valence-electron chi connectivity index (χ1n) is 11.0. The molecule has 0 spiro atoms. The molecule has 0 saturated heterocycles. The maximum atomic E-state index is 14.0. The summed E-state index contributed by atoms with van der Waals surface area (Å²) in [7, 11) is 0. The van der Waals surface area contributed by atoms with Gasteiger partial charge in [0.05, 0.1) is 6.61 Å². The quantitative estimate of drug-likeness (QED) is 0.128. The van der Waals surface area contributed by atoms with Gasteiger partial charge in [-0.15, -0.1) is 11.3 Å². The highest BCUT2D eigenvalue weighted by Crippen LogP contribution is 2.64. The van der Waals surface area contributed by atoms with Gasteiger partial charge in [-0.2, -0.15) is 74.6 Å². The Morgan fingerprint density at radius 1 is 0.698 bits per heavy atom. The Labute approximate surface area is 232 Å². The lowest BCUT2D eigenvalue weighted by atomic mass is 9.88. The maximum absolute atomic E-state index is 14.0. The number of esters is 1. The number of benzene rings is 1. The van der Waals surface area contributed by atoms with E-state index in [1.807, 2.05) is 0 Å². The van der Waals surface area contributed by atoms with Gasteiger partial charge >= 0.3 is 53.6 Å². The van der Waals surface area contributed by atoms with Crippen molar-refractivity contribution in [3.8, 4) is 10.6 Å². The van der Waals surface area contributed by atoms with Crippen LogP contribution in [0, 0.1) is 6.92 Å². The molecule has 0 N–H and O–H groups in total. The molecular weight excluding hydrogens is 665 g/mol. The van der Waals surface area contributed by atoms with Crippen molar-refractivity contribution in [1.82, 2.24) is 4.98 Å². The van der Waals surface area contributed by atoms with E-state index in [2.05, 4.69) is 9.72 Å². The molecule has 1 aromatic heterocycles. The van der Waals surface area contributed by atoms with Gasteiger partial charge in [0.15, 0.2) is 5.69 Å². The molecule has 0 aliphatic rings. The van der Waals surface area contributed by atoms with Crippen molar-refractivity contribution in [2.75, 3.05) is 6.61 Å². The summed E-state index contributed by atoms with van der Waals surface area (Å²) in [6.07, 6.45) is -12.1. The Kier molecular flexibility index (Phi) is 9.50. The first-order valence-corrected chi connectivity index (χ1v) is 11.8. The maximum Gasteiger partial charge on any atom is 0.460 e. The van der Waals surface area contributed by atoms with E-state index in [1.165, 1.54) is 6.92 Å².